The molecule has 0 atom stereocenters. The Labute approximate surface area is 127 Å². The van der Waals surface area contributed by atoms with Crippen LogP contribution in [0.1, 0.15) is 11.1 Å². The number of anilines is 1. The van der Waals surface area contributed by atoms with E-state index in [2.05, 4.69) is 10.2 Å². The molecule has 1 N–H and O–H groups in total. The summed E-state index contributed by atoms with van der Waals surface area (Å²) in [5.41, 5.74) is 2.19. The van der Waals surface area contributed by atoms with Crippen LogP contribution in [0.25, 0.3) is 6.08 Å². The zero-order valence-corrected chi connectivity index (χ0v) is 11.6. The molecule has 112 valence electrons. The quantitative estimate of drug-likeness (QED) is 0.505. The minimum atomic E-state index is -0.843. The highest BCUT2D eigenvalue weighted by Crippen LogP contribution is 2.11. The van der Waals surface area contributed by atoms with Gasteiger partial charge < -0.3 is 10.2 Å². The summed E-state index contributed by atoms with van der Waals surface area (Å²) in [6, 6.07) is 16.1. The first kappa shape index (κ1) is 15.2. The number of carbonyl (C=O) groups excluding carboxylic acids is 1. The molecule has 0 aliphatic rings. The lowest BCUT2D eigenvalue weighted by Gasteiger charge is -2.04. The molecular formula is C16H14N2O4. The molecule has 1 amide bonds. The fourth-order valence-corrected chi connectivity index (χ4v) is 1.73. The number of hydrogen-bond acceptors (Lipinski definition) is 4. The number of nitrogens with one attached hydrogen (secondary N) is 1. The maximum absolute atomic E-state index is 11.8. The van der Waals surface area contributed by atoms with E-state index in [4.69, 9.17) is 0 Å². The van der Waals surface area contributed by atoms with Crippen molar-refractivity contribution in [3.63, 3.8) is 0 Å². The van der Waals surface area contributed by atoms with Crippen molar-refractivity contribution in [2.45, 2.75) is 6.61 Å². The largest absolute Gasteiger partial charge is 0.323 e. The van der Waals surface area contributed by atoms with E-state index in [-0.39, 0.29) is 12.5 Å². The number of rotatable bonds is 6. The van der Waals surface area contributed by atoms with Gasteiger partial charge in [0.05, 0.1) is 0 Å². The molecular weight excluding hydrogens is 284 g/mol. The lowest BCUT2D eigenvalue weighted by Crippen LogP contribution is -2.07. The van der Waals surface area contributed by atoms with E-state index in [0.717, 1.165) is 5.56 Å². The van der Waals surface area contributed by atoms with Crippen LogP contribution in [0, 0.1) is 10.1 Å². The molecule has 0 bridgehead atoms. The molecule has 6 heteroatoms. The van der Waals surface area contributed by atoms with E-state index >= 15 is 0 Å². The van der Waals surface area contributed by atoms with Crippen LogP contribution in [0.3, 0.4) is 0 Å². The Balaban J connectivity index is 1.89. The second-order valence-corrected chi connectivity index (χ2v) is 4.43. The van der Waals surface area contributed by atoms with E-state index in [1.165, 1.54) is 6.08 Å². The highest BCUT2D eigenvalue weighted by molar-refractivity contribution is 6.01. The molecule has 2 aromatic rings. The molecule has 0 aromatic heterocycles. The monoisotopic (exact) mass is 298 g/mol. The third-order valence-corrected chi connectivity index (χ3v) is 2.78. The molecule has 0 spiro atoms. The van der Waals surface area contributed by atoms with Gasteiger partial charge in [-0.3, -0.25) is 4.79 Å². The minimum absolute atomic E-state index is 0.116. The highest BCUT2D eigenvalue weighted by atomic mass is 16.9. The molecule has 0 aliphatic carbocycles. The van der Waals surface area contributed by atoms with Gasteiger partial charge in [0.25, 0.3) is 5.09 Å². The van der Waals surface area contributed by atoms with E-state index < -0.39 is 5.09 Å². The Bertz CT molecular complexity index is 666. The zero-order valence-electron chi connectivity index (χ0n) is 11.6. The van der Waals surface area contributed by atoms with Crippen LogP contribution in [-0.4, -0.2) is 11.0 Å². The molecule has 2 rings (SSSR count). The summed E-state index contributed by atoms with van der Waals surface area (Å²) in [6.07, 6.45) is 3.16. The third kappa shape index (κ3) is 5.09. The summed E-state index contributed by atoms with van der Waals surface area (Å²) in [5, 5.41) is 12.0. The smallest absolute Gasteiger partial charge is 0.294 e. The van der Waals surface area contributed by atoms with Gasteiger partial charge in [0.2, 0.25) is 5.91 Å². The van der Waals surface area contributed by atoms with Crippen molar-refractivity contribution in [3.05, 3.63) is 81.9 Å². The normalized spacial score (nSPS) is 10.4. The Hall–Kier alpha value is -3.15. The molecule has 0 saturated heterocycles. The first-order valence-corrected chi connectivity index (χ1v) is 6.54. The Kier molecular flexibility index (Phi) is 5.25. The Morgan fingerprint density at radius 2 is 1.82 bits per heavy atom. The Morgan fingerprint density at radius 1 is 1.14 bits per heavy atom. The standard InChI is InChI=1S/C16H14N2O4/c19-16(11-8-13-4-2-1-3-5-13)17-15-9-6-14(7-10-15)12-22-18(20)21/h1-11H,12H2,(H,17,19)/b11-8+. The predicted molar refractivity (Wildman–Crippen MR) is 82.3 cm³/mol. The average Bonchev–Trinajstić information content (AvgIpc) is 2.53. The van der Waals surface area contributed by atoms with Crippen LogP contribution < -0.4 is 5.32 Å². The van der Waals surface area contributed by atoms with E-state index in [0.29, 0.717) is 11.3 Å². The molecule has 0 fully saturated rings. The van der Waals surface area contributed by atoms with Crippen molar-refractivity contribution in [2.75, 3.05) is 5.32 Å². The molecule has 2 aromatic carbocycles. The minimum Gasteiger partial charge on any atom is -0.323 e. The highest BCUT2D eigenvalue weighted by Gasteiger charge is 2.00. The summed E-state index contributed by atoms with van der Waals surface area (Å²) in [6.45, 7) is -0.116. The van der Waals surface area contributed by atoms with Crippen molar-refractivity contribution < 1.29 is 14.7 Å². The van der Waals surface area contributed by atoms with Gasteiger partial charge in [-0.05, 0) is 29.3 Å². The second-order valence-electron chi connectivity index (χ2n) is 4.43. The second kappa shape index (κ2) is 7.58. The molecule has 22 heavy (non-hydrogen) atoms. The van der Waals surface area contributed by atoms with Gasteiger partial charge >= 0.3 is 0 Å². The molecule has 0 radical (unpaired) electrons. The van der Waals surface area contributed by atoms with Gasteiger partial charge in [-0.1, -0.05) is 42.5 Å². The number of nitrogens with zero attached hydrogens (tertiary/aromatic N) is 1. The first-order chi connectivity index (χ1) is 10.6. The molecule has 0 saturated carbocycles. The van der Waals surface area contributed by atoms with Crippen molar-refractivity contribution in [2.24, 2.45) is 0 Å². The van der Waals surface area contributed by atoms with Gasteiger partial charge in [-0.25, -0.2) is 0 Å². The Morgan fingerprint density at radius 3 is 2.45 bits per heavy atom. The summed E-state index contributed by atoms with van der Waals surface area (Å²) in [7, 11) is 0. The molecule has 0 heterocycles. The third-order valence-electron chi connectivity index (χ3n) is 2.78. The SMILES string of the molecule is O=C(/C=C/c1ccccc1)Nc1ccc(CO[N+](=O)[O-])cc1. The molecule has 0 aliphatic heterocycles. The van der Waals surface area contributed by atoms with Crippen molar-refractivity contribution in [1.82, 2.24) is 0 Å². The number of carbonyl (C=O) groups is 1. The lowest BCUT2D eigenvalue weighted by molar-refractivity contribution is -0.763. The van der Waals surface area contributed by atoms with Gasteiger partial charge in [-0.15, -0.1) is 10.1 Å². The van der Waals surface area contributed by atoms with Gasteiger partial charge in [-0.2, -0.15) is 0 Å². The fraction of sp³-hybridized carbons (Fsp3) is 0.0625. The maximum Gasteiger partial charge on any atom is 0.294 e. The topological polar surface area (TPSA) is 81.5 Å². The molecule has 6 nitrogen and oxygen atoms in total. The predicted octanol–water partition coefficient (Wildman–Crippen LogP) is 3.05. The average molecular weight is 298 g/mol. The van der Waals surface area contributed by atoms with E-state index in [1.54, 1.807) is 30.3 Å². The maximum atomic E-state index is 11.8. The van der Waals surface area contributed by atoms with Gasteiger partial charge in [0.15, 0.2) is 0 Å². The van der Waals surface area contributed by atoms with Crippen molar-refractivity contribution >= 4 is 17.7 Å². The number of amides is 1. The van der Waals surface area contributed by atoms with Crippen LogP contribution in [0.15, 0.2) is 60.7 Å². The zero-order chi connectivity index (χ0) is 15.8. The van der Waals surface area contributed by atoms with Crippen LogP contribution >= 0.6 is 0 Å². The summed E-state index contributed by atoms with van der Waals surface area (Å²) < 4.78 is 0. The van der Waals surface area contributed by atoms with Crippen molar-refractivity contribution in [1.29, 1.82) is 0 Å². The number of benzene rings is 2. The fourth-order valence-electron chi connectivity index (χ4n) is 1.73. The van der Waals surface area contributed by atoms with Crippen LogP contribution in [0.2, 0.25) is 0 Å². The van der Waals surface area contributed by atoms with Crippen LogP contribution in [-0.2, 0) is 16.2 Å². The summed E-state index contributed by atoms with van der Waals surface area (Å²) in [5.74, 6) is -0.252. The number of hydrogen-bond donors (Lipinski definition) is 1. The van der Waals surface area contributed by atoms with E-state index in [1.807, 2.05) is 30.3 Å². The first-order valence-electron chi connectivity index (χ1n) is 6.54. The van der Waals surface area contributed by atoms with Gasteiger partial charge in [0.1, 0.15) is 6.61 Å². The lowest BCUT2D eigenvalue weighted by atomic mass is 10.2. The summed E-state index contributed by atoms with van der Waals surface area (Å²) >= 11 is 0. The van der Waals surface area contributed by atoms with Crippen LogP contribution in [0.4, 0.5) is 5.69 Å². The van der Waals surface area contributed by atoms with E-state index in [9.17, 15) is 14.9 Å². The van der Waals surface area contributed by atoms with Gasteiger partial charge in [0, 0.05) is 11.8 Å². The van der Waals surface area contributed by atoms with Crippen LogP contribution in [0.5, 0.6) is 0 Å². The molecule has 0 unspecified atom stereocenters. The summed E-state index contributed by atoms with van der Waals surface area (Å²) in [4.78, 5) is 26.1. The van der Waals surface area contributed by atoms with Crippen molar-refractivity contribution in [3.8, 4) is 0 Å².